The maximum absolute atomic E-state index is 12.9. The van der Waals surface area contributed by atoms with Crippen molar-refractivity contribution in [2.24, 2.45) is 5.41 Å². The second-order valence-corrected chi connectivity index (χ2v) is 6.62. The van der Waals surface area contributed by atoms with Crippen LogP contribution in [0.4, 0.5) is 30.6 Å². The van der Waals surface area contributed by atoms with Gasteiger partial charge < -0.3 is 15.8 Å². The van der Waals surface area contributed by atoms with Crippen molar-refractivity contribution >= 4 is 17.5 Å². The minimum Gasteiger partial charge on any atom is -0.383 e. The molecule has 2 aromatic heterocycles. The number of alkyl halides is 3. The van der Waals surface area contributed by atoms with E-state index < -0.39 is 17.6 Å². The van der Waals surface area contributed by atoms with Crippen LogP contribution in [-0.2, 0) is 17.5 Å². The van der Waals surface area contributed by atoms with E-state index in [0.717, 1.165) is 5.69 Å². The normalized spacial score (nSPS) is 16.6. The van der Waals surface area contributed by atoms with Crippen molar-refractivity contribution in [1.29, 1.82) is 0 Å². The Bertz CT molecular complexity index is 774. The van der Waals surface area contributed by atoms with E-state index in [-0.39, 0.29) is 17.1 Å². The maximum Gasteiger partial charge on any atom is 0.421 e. The van der Waals surface area contributed by atoms with Gasteiger partial charge in [0.15, 0.2) is 0 Å². The highest BCUT2D eigenvalue weighted by molar-refractivity contribution is 5.58. The molecule has 1 fully saturated rings. The Morgan fingerprint density at radius 2 is 2.00 bits per heavy atom. The molecule has 10 heteroatoms. The van der Waals surface area contributed by atoms with E-state index >= 15 is 0 Å². The van der Waals surface area contributed by atoms with E-state index in [1.165, 1.54) is 6.92 Å². The number of hydrogen-bond acceptors (Lipinski definition) is 6. The van der Waals surface area contributed by atoms with Gasteiger partial charge in [0.1, 0.15) is 11.4 Å². The fraction of sp³-hybridized carbons (Fsp3) is 0.533. The van der Waals surface area contributed by atoms with Crippen LogP contribution in [0.5, 0.6) is 0 Å². The van der Waals surface area contributed by atoms with Gasteiger partial charge in [-0.15, -0.1) is 0 Å². The molecule has 1 aliphatic rings. The third-order valence-corrected chi connectivity index (χ3v) is 4.18. The zero-order valence-electron chi connectivity index (χ0n) is 14.1. The zero-order valence-corrected chi connectivity index (χ0v) is 14.1. The van der Waals surface area contributed by atoms with Crippen LogP contribution in [0.1, 0.15) is 23.9 Å². The summed E-state index contributed by atoms with van der Waals surface area (Å²) in [5.74, 6) is -0.601. The summed E-state index contributed by atoms with van der Waals surface area (Å²) in [6.07, 6.45) is -3.00. The Morgan fingerprint density at radius 3 is 2.52 bits per heavy atom. The Hall–Kier alpha value is -2.36. The standard InChI is InChI=1S/C15H19F3N6O/c1-8-11(15(16,17)18)12(19)23-13(21-8)22-10-4-20-24(9(10)2)5-14(3)6-25-7-14/h4H,5-7H2,1-3H3,(H3,19,21,22,23). The van der Waals surface area contributed by atoms with Crippen molar-refractivity contribution in [1.82, 2.24) is 19.7 Å². The lowest BCUT2D eigenvalue weighted by atomic mass is 9.89. The number of anilines is 3. The van der Waals surface area contributed by atoms with Crippen molar-refractivity contribution in [2.45, 2.75) is 33.5 Å². The van der Waals surface area contributed by atoms with E-state index in [1.807, 2.05) is 11.6 Å². The molecule has 25 heavy (non-hydrogen) atoms. The molecule has 2 aromatic rings. The molecule has 0 atom stereocenters. The van der Waals surface area contributed by atoms with Gasteiger partial charge in [-0.1, -0.05) is 6.92 Å². The molecular formula is C15H19F3N6O. The van der Waals surface area contributed by atoms with Gasteiger partial charge >= 0.3 is 6.18 Å². The van der Waals surface area contributed by atoms with Crippen molar-refractivity contribution in [3.8, 4) is 0 Å². The minimum atomic E-state index is -4.59. The van der Waals surface area contributed by atoms with Crippen LogP contribution in [-0.4, -0.2) is 33.0 Å². The average Bonchev–Trinajstić information content (AvgIpc) is 2.76. The first kappa shape index (κ1) is 17.5. The SMILES string of the molecule is Cc1nc(Nc2cnn(CC3(C)COC3)c2C)nc(N)c1C(F)(F)F. The lowest BCUT2D eigenvalue weighted by Gasteiger charge is -2.38. The molecule has 3 N–H and O–H groups in total. The maximum atomic E-state index is 12.9. The van der Waals surface area contributed by atoms with E-state index in [0.29, 0.717) is 25.4 Å². The topological polar surface area (TPSA) is 90.9 Å². The number of halogens is 3. The molecule has 3 rings (SSSR count). The molecule has 0 unspecified atom stereocenters. The van der Waals surface area contributed by atoms with E-state index in [4.69, 9.17) is 10.5 Å². The van der Waals surface area contributed by atoms with Crippen molar-refractivity contribution in [2.75, 3.05) is 24.3 Å². The highest BCUT2D eigenvalue weighted by atomic mass is 19.4. The van der Waals surface area contributed by atoms with Gasteiger partial charge in [0.05, 0.1) is 43.0 Å². The van der Waals surface area contributed by atoms with Gasteiger partial charge in [-0.25, -0.2) is 4.98 Å². The van der Waals surface area contributed by atoms with E-state index in [2.05, 4.69) is 27.3 Å². The van der Waals surface area contributed by atoms with Crippen molar-refractivity contribution in [3.05, 3.63) is 23.1 Å². The van der Waals surface area contributed by atoms with E-state index in [9.17, 15) is 13.2 Å². The molecule has 0 aliphatic carbocycles. The third kappa shape index (κ3) is 3.39. The van der Waals surface area contributed by atoms with Crippen molar-refractivity contribution in [3.63, 3.8) is 0 Å². The monoisotopic (exact) mass is 356 g/mol. The lowest BCUT2D eigenvalue weighted by molar-refractivity contribution is -0.137. The minimum absolute atomic E-state index is 0.00355. The third-order valence-electron chi connectivity index (χ3n) is 4.18. The van der Waals surface area contributed by atoms with Gasteiger partial charge in [0.25, 0.3) is 0 Å². The number of aromatic nitrogens is 4. The van der Waals surface area contributed by atoms with Gasteiger partial charge in [-0.05, 0) is 13.8 Å². The largest absolute Gasteiger partial charge is 0.421 e. The summed E-state index contributed by atoms with van der Waals surface area (Å²) in [7, 11) is 0. The highest BCUT2D eigenvalue weighted by Crippen LogP contribution is 2.35. The van der Waals surface area contributed by atoms with Crippen LogP contribution in [0.25, 0.3) is 0 Å². The Labute approximate surface area is 142 Å². The molecule has 0 amide bonds. The lowest BCUT2D eigenvalue weighted by Crippen LogP contribution is -2.43. The summed E-state index contributed by atoms with van der Waals surface area (Å²) >= 11 is 0. The number of nitrogens with zero attached hydrogens (tertiary/aromatic N) is 4. The second kappa shape index (κ2) is 5.87. The first-order valence-corrected chi connectivity index (χ1v) is 7.67. The van der Waals surface area contributed by atoms with Gasteiger partial charge in [-0.3, -0.25) is 4.68 Å². The summed E-state index contributed by atoms with van der Waals surface area (Å²) in [5.41, 5.74) is 5.71. The van der Waals surface area contributed by atoms with Crippen molar-refractivity contribution < 1.29 is 17.9 Å². The van der Waals surface area contributed by atoms with Crippen LogP contribution in [0.3, 0.4) is 0 Å². The summed E-state index contributed by atoms with van der Waals surface area (Å²) in [4.78, 5) is 7.60. The predicted molar refractivity (Wildman–Crippen MR) is 85.4 cm³/mol. The quantitative estimate of drug-likeness (QED) is 0.875. The molecule has 0 radical (unpaired) electrons. The first-order chi connectivity index (χ1) is 11.6. The zero-order chi connectivity index (χ0) is 18.4. The molecular weight excluding hydrogens is 337 g/mol. The molecule has 1 saturated heterocycles. The van der Waals surface area contributed by atoms with Gasteiger partial charge in [0.2, 0.25) is 5.95 Å². The Morgan fingerprint density at radius 1 is 1.32 bits per heavy atom. The summed E-state index contributed by atoms with van der Waals surface area (Å²) < 4.78 is 45.8. The number of hydrogen-bond donors (Lipinski definition) is 2. The molecule has 1 aliphatic heterocycles. The smallest absolute Gasteiger partial charge is 0.383 e. The molecule has 0 aromatic carbocycles. The van der Waals surface area contributed by atoms with Crippen LogP contribution in [0.15, 0.2) is 6.20 Å². The summed E-state index contributed by atoms with van der Waals surface area (Å²) in [6, 6.07) is 0. The van der Waals surface area contributed by atoms with Crippen LogP contribution in [0, 0.1) is 19.3 Å². The van der Waals surface area contributed by atoms with Crippen LogP contribution in [0.2, 0.25) is 0 Å². The fourth-order valence-electron chi connectivity index (χ4n) is 2.75. The molecule has 136 valence electrons. The molecule has 0 bridgehead atoms. The summed E-state index contributed by atoms with van der Waals surface area (Å²) in [6.45, 7) is 7.25. The Kier molecular flexibility index (Phi) is 4.10. The van der Waals surface area contributed by atoms with Gasteiger partial charge in [-0.2, -0.15) is 23.3 Å². The molecule has 3 heterocycles. The number of nitrogen functional groups attached to an aromatic ring is 1. The first-order valence-electron chi connectivity index (χ1n) is 7.67. The molecule has 0 saturated carbocycles. The average molecular weight is 356 g/mol. The molecule has 0 spiro atoms. The number of nitrogens with two attached hydrogens (primary N) is 1. The predicted octanol–water partition coefficient (Wildman–Crippen LogP) is 2.67. The Balaban J connectivity index is 1.82. The van der Waals surface area contributed by atoms with E-state index in [1.54, 1.807) is 6.20 Å². The van der Waals surface area contributed by atoms with Crippen LogP contribution < -0.4 is 11.1 Å². The summed E-state index contributed by atoms with van der Waals surface area (Å²) in [5, 5.41) is 7.20. The number of rotatable bonds is 4. The fourth-order valence-corrected chi connectivity index (χ4v) is 2.75. The second-order valence-electron chi connectivity index (χ2n) is 6.62. The number of aryl methyl sites for hydroxylation is 1. The molecule has 7 nitrogen and oxygen atoms in total. The van der Waals surface area contributed by atoms with Crippen LogP contribution >= 0.6 is 0 Å². The number of ether oxygens (including phenoxy) is 1. The van der Waals surface area contributed by atoms with Gasteiger partial charge in [0, 0.05) is 5.41 Å². The number of nitrogens with one attached hydrogen (secondary N) is 1. The highest BCUT2D eigenvalue weighted by Gasteiger charge is 2.37.